The molecule has 0 aliphatic carbocycles. The predicted molar refractivity (Wildman–Crippen MR) is 165 cm³/mol. The molecule has 4 atom stereocenters. The Labute approximate surface area is 254 Å². The minimum atomic E-state index is -1.44. The van der Waals surface area contributed by atoms with Crippen molar-refractivity contribution >= 4 is 29.2 Å². The zero-order chi connectivity index (χ0) is 30.6. The van der Waals surface area contributed by atoms with E-state index in [9.17, 15) is 9.59 Å². The van der Waals surface area contributed by atoms with Crippen molar-refractivity contribution in [1.82, 2.24) is 4.90 Å². The number of hydrogen-bond donors (Lipinski definition) is 1. The van der Waals surface area contributed by atoms with Crippen molar-refractivity contribution in [2.75, 3.05) is 26.6 Å². The fourth-order valence-corrected chi connectivity index (χ4v) is 7.34. The first-order valence-electron chi connectivity index (χ1n) is 14.3. The zero-order valence-electron chi connectivity index (χ0n) is 24.4. The third-order valence-corrected chi connectivity index (χ3v) is 9.16. The number of benzene rings is 4. The molecule has 0 bridgehead atoms. The summed E-state index contributed by atoms with van der Waals surface area (Å²) in [4.78, 5) is 46.4. The van der Waals surface area contributed by atoms with Crippen molar-refractivity contribution < 1.29 is 28.6 Å². The van der Waals surface area contributed by atoms with E-state index >= 15 is 4.79 Å². The average molecular weight is 587 g/mol. The van der Waals surface area contributed by atoms with Crippen molar-refractivity contribution in [2.45, 2.75) is 17.5 Å². The molecule has 3 heterocycles. The lowest BCUT2D eigenvalue weighted by atomic mass is 9.62. The maximum absolute atomic E-state index is 15.1. The Balaban J connectivity index is 1.53. The molecule has 4 aromatic rings. The van der Waals surface area contributed by atoms with Crippen LogP contribution < -0.4 is 19.5 Å². The van der Waals surface area contributed by atoms with Gasteiger partial charge in [-0.1, -0.05) is 54.6 Å². The Morgan fingerprint density at radius 1 is 0.773 bits per heavy atom. The summed E-state index contributed by atoms with van der Waals surface area (Å²) in [6.45, 7) is 0. The molecule has 4 aromatic carbocycles. The number of carbonyl (C=O) groups is 3. The Bertz CT molecular complexity index is 1870. The van der Waals surface area contributed by atoms with Crippen LogP contribution in [0.15, 0.2) is 97.2 Å². The van der Waals surface area contributed by atoms with Gasteiger partial charge in [0.25, 0.3) is 0 Å². The highest BCUT2D eigenvalue weighted by Crippen LogP contribution is 2.62. The van der Waals surface area contributed by atoms with Crippen molar-refractivity contribution in [1.29, 1.82) is 0 Å². The van der Waals surface area contributed by atoms with E-state index in [0.717, 1.165) is 11.1 Å². The van der Waals surface area contributed by atoms with Gasteiger partial charge in [-0.15, -0.1) is 0 Å². The molecule has 1 fully saturated rings. The normalized spacial score (nSPS) is 22.6. The quantitative estimate of drug-likeness (QED) is 0.278. The molecule has 1 saturated heterocycles. The lowest BCUT2D eigenvalue weighted by Crippen LogP contribution is -2.49. The van der Waals surface area contributed by atoms with Crippen LogP contribution in [-0.4, -0.2) is 49.7 Å². The minimum Gasteiger partial charge on any atom is -0.496 e. The monoisotopic (exact) mass is 586 g/mol. The number of ketones is 2. The molecule has 3 aliphatic heterocycles. The fraction of sp³-hybridized carbons (Fsp3) is 0.194. The van der Waals surface area contributed by atoms with Gasteiger partial charge in [-0.05, 0) is 59.2 Å². The molecule has 7 rings (SSSR count). The number of hydrogen-bond acceptors (Lipinski definition) is 7. The van der Waals surface area contributed by atoms with E-state index in [2.05, 4.69) is 5.32 Å². The number of nitrogens with one attached hydrogen (secondary N) is 1. The van der Waals surface area contributed by atoms with Gasteiger partial charge in [-0.2, -0.15) is 0 Å². The van der Waals surface area contributed by atoms with Crippen molar-refractivity contribution in [3.8, 4) is 17.2 Å². The number of amides is 1. The number of fused-ring (bicyclic) bond motifs is 6. The molecular formula is C36H30N2O6. The highest BCUT2D eigenvalue weighted by atomic mass is 16.5. The molecule has 1 spiro atoms. The van der Waals surface area contributed by atoms with Crippen LogP contribution in [0.3, 0.4) is 0 Å². The molecule has 220 valence electrons. The number of methoxy groups -OCH3 is 3. The fourth-order valence-electron chi connectivity index (χ4n) is 7.34. The Kier molecular flexibility index (Phi) is 6.50. The summed E-state index contributed by atoms with van der Waals surface area (Å²) >= 11 is 0. The maximum Gasteiger partial charge on any atom is 0.238 e. The highest BCUT2D eigenvalue weighted by Gasteiger charge is 2.70. The Morgan fingerprint density at radius 2 is 1.48 bits per heavy atom. The largest absolute Gasteiger partial charge is 0.496 e. The van der Waals surface area contributed by atoms with E-state index in [-0.39, 0.29) is 17.5 Å². The van der Waals surface area contributed by atoms with Gasteiger partial charge in [0.2, 0.25) is 5.91 Å². The molecule has 8 heteroatoms. The van der Waals surface area contributed by atoms with Gasteiger partial charge in [0.05, 0.1) is 38.9 Å². The maximum atomic E-state index is 15.1. The van der Waals surface area contributed by atoms with Gasteiger partial charge < -0.3 is 24.4 Å². The second-order valence-electron chi connectivity index (χ2n) is 11.1. The molecule has 0 saturated carbocycles. The Morgan fingerprint density at radius 3 is 2.27 bits per heavy atom. The predicted octanol–water partition coefficient (Wildman–Crippen LogP) is 5.69. The lowest BCUT2D eigenvalue weighted by molar-refractivity contribution is -0.122. The summed E-state index contributed by atoms with van der Waals surface area (Å²) in [5.74, 6) is -0.890. The highest BCUT2D eigenvalue weighted by molar-refractivity contribution is 6.17. The number of para-hydroxylation sites is 2. The lowest BCUT2D eigenvalue weighted by Gasteiger charge is -2.38. The summed E-state index contributed by atoms with van der Waals surface area (Å²) < 4.78 is 16.6. The second-order valence-corrected chi connectivity index (χ2v) is 11.1. The SMILES string of the molecule is COc1ccc(C(=O)[C@@H]2[C@H](C(=O)c3ccccc3OC)N3C=Cc4ccccc4[C@@H]3[C@]23C(=O)Nc2ccccc23)cc1OC. The molecule has 0 radical (unpaired) electrons. The minimum absolute atomic E-state index is 0.305. The summed E-state index contributed by atoms with van der Waals surface area (Å²) in [6, 6.07) is 25.5. The van der Waals surface area contributed by atoms with Crippen LogP contribution in [0.2, 0.25) is 0 Å². The molecule has 44 heavy (non-hydrogen) atoms. The first-order valence-corrected chi connectivity index (χ1v) is 14.3. The molecular weight excluding hydrogens is 556 g/mol. The number of anilines is 1. The van der Waals surface area contributed by atoms with Gasteiger partial charge in [-0.25, -0.2) is 0 Å². The third kappa shape index (κ3) is 3.73. The number of carbonyl (C=O) groups excluding carboxylic acids is 3. The average Bonchev–Trinajstić information content (AvgIpc) is 3.55. The summed E-state index contributed by atoms with van der Waals surface area (Å²) in [6.07, 6.45) is 3.78. The number of Topliss-reactive ketones (excluding diaryl/α,β-unsaturated/α-hetero) is 2. The Hall–Kier alpha value is -5.37. The number of ether oxygens (including phenoxy) is 3. The van der Waals surface area contributed by atoms with Gasteiger partial charge in [0.15, 0.2) is 23.1 Å². The van der Waals surface area contributed by atoms with Crippen LogP contribution in [0, 0.1) is 5.92 Å². The second kappa shape index (κ2) is 10.4. The first-order chi connectivity index (χ1) is 21.4. The van der Waals surface area contributed by atoms with Crippen LogP contribution in [0.1, 0.15) is 43.4 Å². The smallest absolute Gasteiger partial charge is 0.238 e. The molecule has 3 aliphatic rings. The van der Waals surface area contributed by atoms with Crippen molar-refractivity contribution in [2.24, 2.45) is 5.92 Å². The first kappa shape index (κ1) is 27.5. The van der Waals surface area contributed by atoms with Crippen LogP contribution in [0.5, 0.6) is 17.2 Å². The molecule has 1 amide bonds. The summed E-state index contributed by atoms with van der Waals surface area (Å²) in [5, 5.41) is 3.07. The number of nitrogens with zero attached hydrogens (tertiary/aromatic N) is 1. The van der Waals surface area contributed by atoms with Gasteiger partial charge in [-0.3, -0.25) is 14.4 Å². The summed E-state index contributed by atoms with van der Waals surface area (Å²) in [7, 11) is 4.53. The number of rotatable bonds is 7. The van der Waals surface area contributed by atoms with Crippen LogP contribution in [0.4, 0.5) is 5.69 Å². The van der Waals surface area contributed by atoms with Crippen molar-refractivity contribution in [3.05, 3.63) is 125 Å². The van der Waals surface area contributed by atoms with Crippen molar-refractivity contribution in [3.63, 3.8) is 0 Å². The van der Waals surface area contributed by atoms with Gasteiger partial charge >= 0.3 is 0 Å². The molecule has 0 aromatic heterocycles. The molecule has 8 nitrogen and oxygen atoms in total. The van der Waals surface area contributed by atoms with Gasteiger partial charge in [0, 0.05) is 17.5 Å². The van der Waals surface area contributed by atoms with Gasteiger partial charge in [0.1, 0.15) is 17.2 Å². The van der Waals surface area contributed by atoms with Crippen LogP contribution in [0.25, 0.3) is 6.08 Å². The molecule has 0 unspecified atom stereocenters. The topological polar surface area (TPSA) is 94.2 Å². The van der Waals surface area contributed by atoms with E-state index in [1.165, 1.54) is 21.3 Å². The van der Waals surface area contributed by atoms with Crippen LogP contribution >= 0.6 is 0 Å². The van der Waals surface area contributed by atoms with E-state index in [1.54, 1.807) is 42.5 Å². The standard InChI is InChI=1S/C36H30N2O6/c1-42-27-15-9-6-12-24(27)33(40)31-30(32(39)22-16-17-28(43-2)29(20-22)44-3)36(25-13-7-8-14-26(25)37-35(36)41)34-23-11-5-4-10-21(23)18-19-38(31)34/h4-20,30-31,34H,1-3H3,(H,37,41)/t30-,31+,34+,36+/m0/s1. The van der Waals surface area contributed by atoms with E-state index in [0.29, 0.717) is 39.6 Å². The van der Waals surface area contributed by atoms with E-state index < -0.39 is 23.4 Å². The van der Waals surface area contributed by atoms with Crippen LogP contribution in [-0.2, 0) is 10.2 Å². The molecule has 1 N–H and O–H groups in total. The third-order valence-electron chi connectivity index (χ3n) is 9.16. The van der Waals surface area contributed by atoms with E-state index in [4.69, 9.17) is 14.2 Å². The van der Waals surface area contributed by atoms with E-state index in [1.807, 2.05) is 65.7 Å². The summed E-state index contributed by atoms with van der Waals surface area (Å²) in [5.41, 5.74) is 2.29. The zero-order valence-corrected chi connectivity index (χ0v) is 24.4.